The van der Waals surface area contributed by atoms with E-state index >= 15 is 0 Å². The van der Waals surface area contributed by atoms with Crippen molar-refractivity contribution in [2.24, 2.45) is 0 Å². The summed E-state index contributed by atoms with van der Waals surface area (Å²) in [5.41, 5.74) is 5.88. The van der Waals surface area contributed by atoms with E-state index < -0.39 is 5.82 Å². The maximum atomic E-state index is 12.8. The van der Waals surface area contributed by atoms with Gasteiger partial charge in [-0.05, 0) is 18.2 Å². The summed E-state index contributed by atoms with van der Waals surface area (Å²) in [6.45, 7) is 0. The van der Waals surface area contributed by atoms with Gasteiger partial charge in [-0.2, -0.15) is 0 Å². The standard InChI is InChI=1S/C8H7ClFN5/c9-6-3-4(10)1-2-5(6)7-13-14-8(11)15(7)12/h1-3H,12H2,(H2,11,14). The van der Waals surface area contributed by atoms with Crippen LogP contribution >= 0.6 is 11.6 Å². The molecule has 0 spiro atoms. The van der Waals surface area contributed by atoms with Gasteiger partial charge >= 0.3 is 0 Å². The van der Waals surface area contributed by atoms with Gasteiger partial charge in [-0.1, -0.05) is 11.6 Å². The van der Waals surface area contributed by atoms with E-state index in [9.17, 15) is 4.39 Å². The van der Waals surface area contributed by atoms with Gasteiger partial charge in [0.2, 0.25) is 5.95 Å². The number of hydrogen-bond donors (Lipinski definition) is 2. The molecule has 0 atom stereocenters. The first-order valence-electron chi connectivity index (χ1n) is 4.01. The molecular formula is C8H7ClFN5. The number of anilines is 1. The Morgan fingerprint density at radius 3 is 2.60 bits per heavy atom. The summed E-state index contributed by atoms with van der Waals surface area (Å²) in [4.78, 5) is 0. The number of benzene rings is 1. The summed E-state index contributed by atoms with van der Waals surface area (Å²) in [6, 6.07) is 3.89. The molecule has 1 heterocycles. The molecule has 1 aromatic carbocycles. The van der Waals surface area contributed by atoms with E-state index in [0.717, 1.165) is 4.68 Å². The van der Waals surface area contributed by atoms with E-state index in [0.29, 0.717) is 5.56 Å². The van der Waals surface area contributed by atoms with E-state index in [4.69, 9.17) is 23.2 Å². The molecule has 0 saturated carbocycles. The van der Waals surface area contributed by atoms with E-state index in [-0.39, 0.29) is 16.8 Å². The van der Waals surface area contributed by atoms with Crippen molar-refractivity contribution in [2.45, 2.75) is 0 Å². The predicted octanol–water partition coefficient (Wildman–Crippen LogP) is 1.03. The normalized spacial score (nSPS) is 10.5. The highest BCUT2D eigenvalue weighted by molar-refractivity contribution is 6.33. The zero-order valence-electron chi connectivity index (χ0n) is 7.48. The Labute approximate surface area is 89.4 Å². The topological polar surface area (TPSA) is 82.8 Å². The average molecular weight is 228 g/mol. The van der Waals surface area contributed by atoms with Gasteiger partial charge in [0.25, 0.3) is 0 Å². The third kappa shape index (κ3) is 1.59. The van der Waals surface area contributed by atoms with Crippen LogP contribution < -0.4 is 11.6 Å². The molecule has 0 saturated heterocycles. The molecule has 2 aromatic rings. The maximum absolute atomic E-state index is 12.8. The number of aromatic nitrogens is 3. The SMILES string of the molecule is Nc1nnc(-c2ccc(F)cc2Cl)n1N. The number of rotatable bonds is 1. The molecule has 0 fully saturated rings. The Hall–Kier alpha value is -1.82. The minimum absolute atomic E-state index is 0.0605. The fourth-order valence-corrected chi connectivity index (χ4v) is 1.41. The largest absolute Gasteiger partial charge is 0.366 e. The molecule has 0 bridgehead atoms. The van der Waals surface area contributed by atoms with Crippen molar-refractivity contribution in [2.75, 3.05) is 11.6 Å². The van der Waals surface area contributed by atoms with E-state index in [1.54, 1.807) is 0 Å². The van der Waals surface area contributed by atoms with Gasteiger partial charge in [-0.25, -0.2) is 9.07 Å². The van der Waals surface area contributed by atoms with Gasteiger partial charge < -0.3 is 11.6 Å². The molecule has 0 radical (unpaired) electrons. The van der Waals surface area contributed by atoms with Gasteiger partial charge in [0, 0.05) is 5.56 Å². The van der Waals surface area contributed by atoms with Crippen LogP contribution in [0.4, 0.5) is 10.3 Å². The van der Waals surface area contributed by atoms with Crippen molar-refractivity contribution < 1.29 is 4.39 Å². The lowest BCUT2D eigenvalue weighted by molar-refractivity contribution is 0.628. The van der Waals surface area contributed by atoms with Gasteiger partial charge in [-0.15, -0.1) is 10.2 Å². The number of halogens is 2. The molecule has 7 heteroatoms. The van der Waals surface area contributed by atoms with Crippen LogP contribution in [-0.2, 0) is 0 Å². The highest BCUT2D eigenvalue weighted by atomic mass is 35.5. The van der Waals surface area contributed by atoms with Gasteiger partial charge in [0.15, 0.2) is 5.82 Å². The van der Waals surface area contributed by atoms with Crippen molar-refractivity contribution in [3.63, 3.8) is 0 Å². The number of nitrogen functional groups attached to an aromatic ring is 2. The highest BCUT2D eigenvalue weighted by Crippen LogP contribution is 2.26. The molecule has 0 aliphatic carbocycles. The second-order valence-corrected chi connectivity index (χ2v) is 3.28. The lowest BCUT2D eigenvalue weighted by Gasteiger charge is -2.03. The van der Waals surface area contributed by atoms with Crippen molar-refractivity contribution in [3.05, 3.63) is 29.0 Å². The Kier molecular flexibility index (Phi) is 2.20. The van der Waals surface area contributed by atoms with Crippen molar-refractivity contribution in [3.8, 4) is 11.4 Å². The summed E-state index contributed by atoms with van der Waals surface area (Å²) in [5.74, 6) is 5.47. The molecule has 1 aromatic heterocycles. The highest BCUT2D eigenvalue weighted by Gasteiger charge is 2.12. The van der Waals surface area contributed by atoms with Gasteiger partial charge in [0.05, 0.1) is 5.02 Å². The molecule has 0 amide bonds. The van der Waals surface area contributed by atoms with Crippen LogP contribution in [0, 0.1) is 5.82 Å². The minimum Gasteiger partial charge on any atom is -0.366 e. The van der Waals surface area contributed by atoms with Crippen LogP contribution in [0.25, 0.3) is 11.4 Å². The molecule has 15 heavy (non-hydrogen) atoms. The van der Waals surface area contributed by atoms with Gasteiger partial charge in [-0.3, -0.25) is 0 Å². The number of nitrogens with zero attached hydrogens (tertiary/aromatic N) is 3. The molecular weight excluding hydrogens is 221 g/mol. The van der Waals surface area contributed by atoms with Crippen LogP contribution in [0.1, 0.15) is 0 Å². The minimum atomic E-state index is -0.431. The quantitative estimate of drug-likeness (QED) is 0.713. The summed E-state index contributed by atoms with van der Waals surface area (Å²) in [5, 5.41) is 7.50. The fourth-order valence-electron chi connectivity index (χ4n) is 1.16. The lowest BCUT2D eigenvalue weighted by Crippen LogP contribution is -2.13. The van der Waals surface area contributed by atoms with E-state index in [2.05, 4.69) is 10.2 Å². The lowest BCUT2D eigenvalue weighted by atomic mass is 10.2. The van der Waals surface area contributed by atoms with Gasteiger partial charge in [0.1, 0.15) is 5.82 Å². The second-order valence-electron chi connectivity index (χ2n) is 2.88. The molecule has 2 rings (SSSR count). The van der Waals surface area contributed by atoms with E-state index in [1.165, 1.54) is 18.2 Å². The zero-order valence-corrected chi connectivity index (χ0v) is 8.24. The molecule has 4 N–H and O–H groups in total. The maximum Gasteiger partial charge on any atom is 0.241 e. The summed E-state index contributed by atoms with van der Waals surface area (Å²) >= 11 is 5.83. The molecule has 0 aliphatic heterocycles. The molecule has 5 nitrogen and oxygen atoms in total. The van der Waals surface area contributed by atoms with Crippen molar-refractivity contribution >= 4 is 17.5 Å². The Morgan fingerprint density at radius 2 is 2.07 bits per heavy atom. The average Bonchev–Trinajstić information content (AvgIpc) is 2.49. The summed E-state index contributed by atoms with van der Waals surface area (Å²) in [7, 11) is 0. The van der Waals surface area contributed by atoms with E-state index in [1.807, 2.05) is 0 Å². The third-order valence-corrected chi connectivity index (χ3v) is 2.21. The first kappa shape index (κ1) is 9.72. The Morgan fingerprint density at radius 1 is 1.33 bits per heavy atom. The zero-order chi connectivity index (χ0) is 11.0. The Bertz CT molecular complexity index is 510. The third-order valence-electron chi connectivity index (χ3n) is 1.89. The molecule has 0 aliphatic rings. The van der Waals surface area contributed by atoms with Crippen LogP contribution in [0.3, 0.4) is 0 Å². The predicted molar refractivity (Wildman–Crippen MR) is 55.0 cm³/mol. The van der Waals surface area contributed by atoms with Crippen LogP contribution in [0.5, 0.6) is 0 Å². The van der Waals surface area contributed by atoms with Crippen molar-refractivity contribution in [1.82, 2.24) is 14.9 Å². The second kappa shape index (κ2) is 3.39. The fraction of sp³-hybridized carbons (Fsp3) is 0. The van der Waals surface area contributed by atoms with Crippen molar-refractivity contribution in [1.29, 1.82) is 0 Å². The molecule has 78 valence electrons. The molecule has 0 unspecified atom stereocenters. The first-order chi connectivity index (χ1) is 7.09. The number of nitrogens with two attached hydrogens (primary N) is 2. The van der Waals surface area contributed by atoms with Crippen LogP contribution in [-0.4, -0.2) is 14.9 Å². The summed E-state index contributed by atoms with van der Waals surface area (Å²) < 4.78 is 13.9. The van der Waals surface area contributed by atoms with Crippen LogP contribution in [0.2, 0.25) is 5.02 Å². The Balaban J connectivity index is 2.59. The summed E-state index contributed by atoms with van der Waals surface area (Å²) in [6.07, 6.45) is 0. The monoisotopic (exact) mass is 227 g/mol. The first-order valence-corrected chi connectivity index (χ1v) is 4.39. The van der Waals surface area contributed by atoms with Crippen LogP contribution in [0.15, 0.2) is 18.2 Å². The number of hydrogen-bond acceptors (Lipinski definition) is 4. The smallest absolute Gasteiger partial charge is 0.241 e.